The zero-order chi connectivity index (χ0) is 13.5. The summed E-state index contributed by atoms with van der Waals surface area (Å²) in [5.74, 6) is -0.980. The lowest BCUT2D eigenvalue weighted by atomic mass is 10.0. The van der Waals surface area contributed by atoms with Crippen molar-refractivity contribution in [1.29, 1.82) is 5.41 Å². The lowest BCUT2D eigenvalue weighted by Crippen LogP contribution is -2.59. The van der Waals surface area contributed by atoms with Gasteiger partial charge in [0.1, 0.15) is 0 Å². The Morgan fingerprint density at radius 3 is 2.24 bits per heavy atom. The third kappa shape index (κ3) is 5.17. The molecule has 0 aliphatic carbocycles. The van der Waals surface area contributed by atoms with Crippen molar-refractivity contribution < 1.29 is 14.4 Å². The molecule has 5 heteroatoms. The third-order valence-electron chi connectivity index (χ3n) is 3.27. The van der Waals surface area contributed by atoms with E-state index in [9.17, 15) is 9.90 Å². The summed E-state index contributed by atoms with van der Waals surface area (Å²) < 4.78 is -0.0664. The number of nitrogens with zero attached hydrogens (tertiary/aromatic N) is 1. The summed E-state index contributed by atoms with van der Waals surface area (Å²) in [6.45, 7) is 2.15. The fraction of sp³-hybridized carbons (Fsp3) is 0.833. The van der Waals surface area contributed by atoms with Crippen LogP contribution in [0.4, 0.5) is 0 Å². The summed E-state index contributed by atoms with van der Waals surface area (Å²) in [7, 11) is 3.35. The lowest BCUT2D eigenvalue weighted by Gasteiger charge is -2.32. The molecule has 0 heterocycles. The molecule has 0 fully saturated rings. The molecule has 17 heavy (non-hydrogen) atoms. The Bertz CT molecular complexity index is 264. The number of nitrogens with one attached hydrogen (secondary N) is 1. The predicted molar refractivity (Wildman–Crippen MR) is 68.8 cm³/mol. The quantitative estimate of drug-likeness (QED) is 0.263. The van der Waals surface area contributed by atoms with E-state index in [0.717, 1.165) is 19.3 Å². The van der Waals surface area contributed by atoms with E-state index in [-0.39, 0.29) is 10.4 Å². The van der Waals surface area contributed by atoms with E-state index in [1.165, 1.54) is 12.8 Å². The van der Waals surface area contributed by atoms with Gasteiger partial charge >= 0.3 is 5.97 Å². The molecule has 0 amide bonds. The van der Waals surface area contributed by atoms with Crippen LogP contribution in [0.25, 0.3) is 0 Å². The maximum atomic E-state index is 11.2. The van der Waals surface area contributed by atoms with Gasteiger partial charge in [-0.1, -0.05) is 32.6 Å². The zero-order valence-electron chi connectivity index (χ0n) is 11.2. The third-order valence-corrected chi connectivity index (χ3v) is 3.27. The first kappa shape index (κ1) is 15.9. The SMILES string of the molecule is CCCCCCCC(C(=O)O)[N+](C)(C)C(=N)N. The number of guanidine groups is 1. The second-order valence-corrected chi connectivity index (χ2v) is 4.98. The van der Waals surface area contributed by atoms with Crippen molar-refractivity contribution >= 4 is 11.9 Å². The molecule has 0 radical (unpaired) electrons. The molecule has 0 aromatic carbocycles. The molecule has 0 aliphatic rings. The summed E-state index contributed by atoms with van der Waals surface area (Å²) in [6.07, 6.45) is 6.03. The molecule has 0 aromatic rings. The molecule has 4 N–H and O–H groups in total. The largest absolute Gasteiger partial charge is 0.477 e. The van der Waals surface area contributed by atoms with Gasteiger partial charge < -0.3 is 10.8 Å². The number of carboxylic acid groups (broad SMARTS) is 1. The maximum Gasteiger partial charge on any atom is 0.363 e. The molecule has 5 nitrogen and oxygen atoms in total. The Morgan fingerprint density at radius 2 is 1.82 bits per heavy atom. The van der Waals surface area contributed by atoms with Crippen LogP contribution in [0, 0.1) is 5.41 Å². The van der Waals surface area contributed by atoms with Crippen molar-refractivity contribution in [3.05, 3.63) is 0 Å². The van der Waals surface area contributed by atoms with Gasteiger partial charge in [0.15, 0.2) is 6.04 Å². The van der Waals surface area contributed by atoms with Gasteiger partial charge in [-0.15, -0.1) is 0 Å². The van der Waals surface area contributed by atoms with Crippen LogP contribution in [0.15, 0.2) is 0 Å². The Kier molecular flexibility index (Phi) is 6.80. The van der Waals surface area contributed by atoms with Crippen LogP contribution >= 0.6 is 0 Å². The van der Waals surface area contributed by atoms with E-state index in [1.54, 1.807) is 14.1 Å². The molecular formula is C12H26N3O2+. The molecule has 0 rings (SSSR count). The number of quaternary nitrogens is 1. The average molecular weight is 244 g/mol. The van der Waals surface area contributed by atoms with Gasteiger partial charge in [0, 0.05) is 6.42 Å². The highest BCUT2D eigenvalue weighted by atomic mass is 16.4. The Labute approximate surface area is 104 Å². The molecular weight excluding hydrogens is 218 g/mol. The van der Waals surface area contributed by atoms with Crippen LogP contribution in [0.5, 0.6) is 0 Å². The van der Waals surface area contributed by atoms with Crippen molar-refractivity contribution in [2.24, 2.45) is 5.73 Å². The number of unbranched alkanes of at least 4 members (excludes halogenated alkanes) is 4. The fourth-order valence-electron chi connectivity index (χ4n) is 1.83. The van der Waals surface area contributed by atoms with Gasteiger partial charge in [0.2, 0.25) is 0 Å². The second kappa shape index (κ2) is 7.27. The highest BCUT2D eigenvalue weighted by molar-refractivity contribution is 5.76. The molecule has 0 saturated carbocycles. The average Bonchev–Trinajstić information content (AvgIpc) is 2.22. The van der Waals surface area contributed by atoms with Gasteiger partial charge in [-0.05, 0) is 6.42 Å². The van der Waals surface area contributed by atoms with Gasteiger partial charge in [-0.3, -0.25) is 4.48 Å². The molecule has 0 saturated heterocycles. The smallest absolute Gasteiger partial charge is 0.363 e. The predicted octanol–water partition coefficient (Wildman–Crippen LogP) is 1.77. The van der Waals surface area contributed by atoms with Crippen LogP contribution in [0.1, 0.15) is 45.4 Å². The van der Waals surface area contributed by atoms with E-state index in [2.05, 4.69) is 6.92 Å². The molecule has 0 aromatic heterocycles. The van der Waals surface area contributed by atoms with Crippen LogP contribution in [0.2, 0.25) is 0 Å². The van der Waals surface area contributed by atoms with E-state index >= 15 is 0 Å². The first-order valence-corrected chi connectivity index (χ1v) is 6.25. The summed E-state index contributed by atoms with van der Waals surface area (Å²) in [5.41, 5.74) is 5.45. The summed E-state index contributed by atoms with van der Waals surface area (Å²) >= 11 is 0. The summed E-state index contributed by atoms with van der Waals surface area (Å²) in [5, 5.41) is 16.6. The Hall–Kier alpha value is -1.10. The highest BCUT2D eigenvalue weighted by Gasteiger charge is 2.37. The first-order chi connectivity index (χ1) is 7.84. The van der Waals surface area contributed by atoms with Crippen LogP contribution in [-0.4, -0.2) is 41.7 Å². The molecule has 1 unspecified atom stereocenters. The number of hydrogen-bond donors (Lipinski definition) is 3. The Morgan fingerprint density at radius 1 is 1.29 bits per heavy atom. The van der Waals surface area contributed by atoms with Crippen molar-refractivity contribution in [1.82, 2.24) is 0 Å². The number of carboxylic acids is 1. The number of likely N-dealkylation sites (N-methyl/N-ethyl adjacent to an activating group) is 1. The van der Waals surface area contributed by atoms with Gasteiger partial charge in [0.05, 0.1) is 14.1 Å². The standard InChI is InChI=1S/C12H25N3O2/c1-4-5-6-7-8-9-10(11(16)17)15(2,3)12(13)14/h10H,4-9H2,1-3H3,(H3-,13,14,16,17)/p+1. The van der Waals surface area contributed by atoms with E-state index in [0.29, 0.717) is 6.42 Å². The van der Waals surface area contributed by atoms with Gasteiger partial charge in [-0.2, -0.15) is 0 Å². The first-order valence-electron chi connectivity index (χ1n) is 6.25. The summed E-state index contributed by atoms with van der Waals surface area (Å²) in [4.78, 5) is 11.2. The Balaban J connectivity index is 4.27. The molecule has 0 aliphatic heterocycles. The molecule has 100 valence electrons. The zero-order valence-corrected chi connectivity index (χ0v) is 11.2. The van der Waals surface area contributed by atoms with Crippen LogP contribution < -0.4 is 5.73 Å². The molecule has 1 atom stereocenters. The number of carbonyl (C=O) groups is 1. The van der Waals surface area contributed by atoms with Crippen LogP contribution in [-0.2, 0) is 4.79 Å². The van der Waals surface area contributed by atoms with Gasteiger partial charge in [-0.25, -0.2) is 10.2 Å². The normalized spacial score (nSPS) is 13.4. The highest BCUT2D eigenvalue weighted by Crippen LogP contribution is 2.15. The van der Waals surface area contributed by atoms with Crippen molar-refractivity contribution in [3.8, 4) is 0 Å². The van der Waals surface area contributed by atoms with Gasteiger partial charge in [0.25, 0.3) is 5.96 Å². The van der Waals surface area contributed by atoms with E-state index in [1.807, 2.05) is 0 Å². The number of hydrogen-bond acceptors (Lipinski definition) is 2. The van der Waals surface area contributed by atoms with Crippen LogP contribution in [0.3, 0.4) is 0 Å². The van der Waals surface area contributed by atoms with Crippen molar-refractivity contribution in [3.63, 3.8) is 0 Å². The second-order valence-electron chi connectivity index (χ2n) is 4.98. The topological polar surface area (TPSA) is 87.2 Å². The summed E-state index contributed by atoms with van der Waals surface area (Å²) in [6, 6.07) is -0.617. The lowest BCUT2D eigenvalue weighted by molar-refractivity contribution is -0.820. The number of aliphatic carboxylic acids is 1. The number of rotatable bonds is 8. The maximum absolute atomic E-state index is 11.2. The molecule has 0 spiro atoms. The minimum Gasteiger partial charge on any atom is -0.477 e. The monoisotopic (exact) mass is 244 g/mol. The van der Waals surface area contributed by atoms with Crippen molar-refractivity contribution in [2.45, 2.75) is 51.5 Å². The number of nitrogens with two attached hydrogens (primary N) is 1. The van der Waals surface area contributed by atoms with E-state index < -0.39 is 12.0 Å². The van der Waals surface area contributed by atoms with E-state index in [4.69, 9.17) is 11.1 Å². The minimum absolute atomic E-state index is 0.0664. The fourth-order valence-corrected chi connectivity index (χ4v) is 1.83. The van der Waals surface area contributed by atoms with Crippen molar-refractivity contribution in [2.75, 3.05) is 14.1 Å². The molecule has 0 bridgehead atoms. The minimum atomic E-state index is -0.874.